The van der Waals surface area contributed by atoms with Crippen molar-refractivity contribution in [3.63, 3.8) is 0 Å². The predicted molar refractivity (Wildman–Crippen MR) is 70.6 cm³/mol. The van der Waals surface area contributed by atoms with Gasteiger partial charge >= 0.3 is 5.97 Å². The van der Waals surface area contributed by atoms with Crippen LogP contribution in [0.25, 0.3) is 0 Å². The molecule has 0 heterocycles. The second kappa shape index (κ2) is 5.86. The maximum atomic E-state index is 11.2. The van der Waals surface area contributed by atoms with Crippen molar-refractivity contribution in [2.45, 2.75) is 13.0 Å². The second-order valence-corrected chi connectivity index (χ2v) is 6.39. The molecule has 0 fully saturated rings. The van der Waals surface area contributed by atoms with E-state index in [4.69, 9.17) is 0 Å². The van der Waals surface area contributed by atoms with E-state index in [9.17, 15) is 13.2 Å². The Balaban J connectivity index is 2.66. The maximum absolute atomic E-state index is 11.2. The van der Waals surface area contributed by atoms with Gasteiger partial charge in [-0.25, -0.2) is 13.2 Å². The first-order valence-electron chi connectivity index (χ1n) is 5.44. The molecule has 1 aromatic carbocycles. The topological polar surface area (TPSA) is 72.5 Å². The van der Waals surface area contributed by atoms with E-state index >= 15 is 0 Å². The molecule has 0 aromatic heterocycles. The minimum Gasteiger partial charge on any atom is -0.465 e. The van der Waals surface area contributed by atoms with Crippen LogP contribution in [0, 0.1) is 0 Å². The van der Waals surface area contributed by atoms with Crippen molar-refractivity contribution in [2.24, 2.45) is 0 Å². The third-order valence-corrected chi connectivity index (χ3v) is 3.38. The van der Waals surface area contributed by atoms with Gasteiger partial charge in [0.15, 0.2) is 0 Å². The highest BCUT2D eigenvalue weighted by Gasteiger charge is 2.10. The van der Waals surface area contributed by atoms with Crippen LogP contribution < -0.4 is 5.32 Å². The number of esters is 1. The fourth-order valence-electron chi connectivity index (χ4n) is 1.60. The molecule has 0 spiro atoms. The molecule has 1 atom stereocenters. The molecule has 18 heavy (non-hydrogen) atoms. The molecule has 6 heteroatoms. The van der Waals surface area contributed by atoms with E-state index in [1.807, 2.05) is 0 Å². The lowest BCUT2D eigenvalue weighted by atomic mass is 10.2. The van der Waals surface area contributed by atoms with Gasteiger partial charge in [0.1, 0.15) is 9.84 Å². The Kier molecular flexibility index (Phi) is 4.72. The molecule has 0 aliphatic heterocycles. The van der Waals surface area contributed by atoms with E-state index in [2.05, 4.69) is 10.1 Å². The third kappa shape index (κ3) is 4.75. The van der Waals surface area contributed by atoms with Crippen LogP contribution in [0.15, 0.2) is 24.3 Å². The number of hydrogen-bond acceptors (Lipinski definition) is 5. The summed E-state index contributed by atoms with van der Waals surface area (Å²) in [6.45, 7) is 1.79. The van der Waals surface area contributed by atoms with E-state index < -0.39 is 15.8 Å². The van der Waals surface area contributed by atoms with Crippen LogP contribution in [0.3, 0.4) is 0 Å². The zero-order chi connectivity index (χ0) is 13.8. The fourth-order valence-corrected chi connectivity index (χ4v) is 2.59. The summed E-state index contributed by atoms with van der Waals surface area (Å²) in [5, 5.41) is 3.05. The molecule has 1 rings (SSSR count). The van der Waals surface area contributed by atoms with Crippen LogP contribution in [0.5, 0.6) is 0 Å². The molecule has 0 aliphatic rings. The molecule has 0 saturated heterocycles. The van der Waals surface area contributed by atoms with E-state index in [0.717, 1.165) is 5.69 Å². The van der Waals surface area contributed by atoms with Gasteiger partial charge in [0.2, 0.25) is 0 Å². The summed E-state index contributed by atoms with van der Waals surface area (Å²) in [6, 6.07) is 6.49. The van der Waals surface area contributed by atoms with Gasteiger partial charge in [0, 0.05) is 18.0 Å². The lowest BCUT2D eigenvalue weighted by Crippen LogP contribution is -2.24. The number of ether oxygens (including phenoxy) is 1. The summed E-state index contributed by atoms with van der Waals surface area (Å²) in [5.41, 5.74) is 1.22. The minimum absolute atomic E-state index is 0.0613. The molecule has 1 aromatic rings. The van der Waals surface area contributed by atoms with Gasteiger partial charge in [0.25, 0.3) is 0 Å². The first kappa shape index (κ1) is 14.5. The van der Waals surface area contributed by atoms with Crippen molar-refractivity contribution in [1.82, 2.24) is 0 Å². The molecule has 1 N–H and O–H groups in total. The fraction of sp³-hybridized carbons (Fsp3) is 0.417. The van der Waals surface area contributed by atoms with Crippen LogP contribution in [0.1, 0.15) is 17.3 Å². The van der Waals surface area contributed by atoms with Crippen molar-refractivity contribution in [3.05, 3.63) is 29.8 Å². The van der Waals surface area contributed by atoms with Crippen molar-refractivity contribution in [1.29, 1.82) is 0 Å². The number of hydrogen-bond donors (Lipinski definition) is 1. The molecule has 100 valence electrons. The summed E-state index contributed by atoms with van der Waals surface area (Å²) >= 11 is 0. The summed E-state index contributed by atoms with van der Waals surface area (Å²) in [7, 11) is -1.68. The second-order valence-electron chi connectivity index (χ2n) is 4.21. The molecule has 0 aliphatic carbocycles. The Bertz CT molecular complexity index is 507. The Hall–Kier alpha value is -1.56. The highest BCUT2D eigenvalue weighted by molar-refractivity contribution is 7.90. The number of carbonyl (C=O) groups excluding carboxylic acids is 1. The van der Waals surface area contributed by atoms with Gasteiger partial charge in [-0.2, -0.15) is 0 Å². The molecule has 1 unspecified atom stereocenters. The van der Waals surface area contributed by atoms with Gasteiger partial charge in [0.05, 0.1) is 18.4 Å². The monoisotopic (exact) mass is 271 g/mol. The van der Waals surface area contributed by atoms with Gasteiger partial charge in [-0.15, -0.1) is 0 Å². The molecule has 0 bridgehead atoms. The number of sulfone groups is 1. The van der Waals surface area contributed by atoms with Crippen LogP contribution in [-0.2, 0) is 14.6 Å². The zero-order valence-electron chi connectivity index (χ0n) is 10.6. The number of carbonyl (C=O) groups is 1. The number of anilines is 1. The quantitative estimate of drug-likeness (QED) is 0.818. The zero-order valence-corrected chi connectivity index (χ0v) is 11.5. The minimum atomic E-state index is -3.01. The smallest absolute Gasteiger partial charge is 0.337 e. The summed E-state index contributed by atoms with van der Waals surface area (Å²) < 4.78 is 26.8. The first-order valence-corrected chi connectivity index (χ1v) is 7.50. The van der Waals surface area contributed by atoms with Crippen molar-refractivity contribution >= 4 is 21.5 Å². The van der Waals surface area contributed by atoms with Gasteiger partial charge in [-0.05, 0) is 31.2 Å². The Labute approximate surface area is 107 Å². The molecule has 0 amide bonds. The number of rotatable bonds is 5. The van der Waals surface area contributed by atoms with Crippen LogP contribution in [-0.4, -0.2) is 39.5 Å². The summed E-state index contributed by atoms with van der Waals surface area (Å²) in [4.78, 5) is 11.2. The van der Waals surface area contributed by atoms with Crippen LogP contribution in [0.4, 0.5) is 5.69 Å². The standard InChI is InChI=1S/C12H17NO4S/c1-9(8-18(3,15)16)13-11-6-4-10(5-7-11)12(14)17-2/h4-7,9,13H,8H2,1-3H3. The highest BCUT2D eigenvalue weighted by atomic mass is 32.2. The maximum Gasteiger partial charge on any atom is 0.337 e. The van der Waals surface area contributed by atoms with Crippen molar-refractivity contribution in [3.8, 4) is 0 Å². The third-order valence-electron chi connectivity index (χ3n) is 2.27. The van der Waals surface area contributed by atoms with Crippen molar-refractivity contribution in [2.75, 3.05) is 24.4 Å². The van der Waals surface area contributed by atoms with Crippen LogP contribution in [0.2, 0.25) is 0 Å². The SMILES string of the molecule is COC(=O)c1ccc(NC(C)CS(C)(=O)=O)cc1. The molecule has 0 saturated carbocycles. The Morgan fingerprint density at radius 1 is 1.33 bits per heavy atom. The van der Waals surface area contributed by atoms with Crippen molar-refractivity contribution < 1.29 is 17.9 Å². The lowest BCUT2D eigenvalue weighted by molar-refractivity contribution is 0.0601. The van der Waals surface area contributed by atoms with Crippen LogP contribution >= 0.6 is 0 Å². The van der Waals surface area contributed by atoms with E-state index in [1.54, 1.807) is 31.2 Å². The molecular formula is C12H17NO4S. The lowest BCUT2D eigenvalue weighted by Gasteiger charge is -2.14. The number of nitrogens with one attached hydrogen (secondary N) is 1. The average molecular weight is 271 g/mol. The van der Waals surface area contributed by atoms with E-state index in [0.29, 0.717) is 5.56 Å². The number of benzene rings is 1. The number of methoxy groups -OCH3 is 1. The first-order chi connectivity index (χ1) is 8.31. The average Bonchev–Trinajstić information content (AvgIpc) is 2.26. The molecular weight excluding hydrogens is 254 g/mol. The predicted octanol–water partition coefficient (Wildman–Crippen LogP) is 1.32. The van der Waals surface area contributed by atoms with Gasteiger partial charge in [-0.3, -0.25) is 0 Å². The normalized spacial score (nSPS) is 12.8. The Morgan fingerprint density at radius 2 is 1.89 bits per heavy atom. The summed E-state index contributed by atoms with van der Waals surface area (Å²) in [6.07, 6.45) is 1.20. The molecule has 0 radical (unpaired) electrons. The van der Waals surface area contributed by atoms with Gasteiger partial charge in [-0.1, -0.05) is 0 Å². The molecule has 5 nitrogen and oxygen atoms in total. The van der Waals surface area contributed by atoms with E-state index in [-0.39, 0.29) is 11.8 Å². The largest absolute Gasteiger partial charge is 0.465 e. The summed E-state index contributed by atoms with van der Waals surface area (Å²) in [5.74, 6) is -0.336. The highest BCUT2D eigenvalue weighted by Crippen LogP contribution is 2.12. The van der Waals surface area contributed by atoms with Gasteiger partial charge < -0.3 is 10.1 Å². The van der Waals surface area contributed by atoms with E-state index in [1.165, 1.54) is 13.4 Å². The Morgan fingerprint density at radius 3 is 2.33 bits per heavy atom.